The molecule has 1 N–H and O–H groups in total. The number of phenols is 1. The summed E-state index contributed by atoms with van der Waals surface area (Å²) in [5, 5.41) is 18.9. The molecular formula is C28H29N3O4S. The summed E-state index contributed by atoms with van der Waals surface area (Å²) in [5.74, 6) is 0.929. The van der Waals surface area contributed by atoms with Gasteiger partial charge >= 0.3 is 0 Å². The molecule has 0 saturated carbocycles. The summed E-state index contributed by atoms with van der Waals surface area (Å²) in [5.41, 5.74) is 2.94. The predicted molar refractivity (Wildman–Crippen MR) is 144 cm³/mol. The van der Waals surface area contributed by atoms with Gasteiger partial charge in [-0.2, -0.15) is 5.10 Å². The van der Waals surface area contributed by atoms with Crippen LogP contribution in [0.15, 0.2) is 80.4 Å². The zero-order chi connectivity index (χ0) is 25.7. The van der Waals surface area contributed by atoms with Crippen molar-refractivity contribution in [2.45, 2.75) is 39.7 Å². The second-order valence-corrected chi connectivity index (χ2v) is 10.2. The molecule has 0 atom stereocenters. The Morgan fingerprint density at radius 1 is 1.11 bits per heavy atom. The standard InChI is InChI=1S/C28H29N3O4S/c1-5-34-24-15-20(10-13-23(24)32)17-29-30-27-31(18-22-7-6-14-35-22)26(33)25(36-27)16-19-8-11-21(12-9-19)28(2,3)4/h6-17,32H,5,18H2,1-4H3/b25-16-,29-17-,30-27+. The molecular weight excluding hydrogens is 474 g/mol. The van der Waals surface area contributed by atoms with Gasteiger partial charge in [0.1, 0.15) is 5.76 Å². The van der Waals surface area contributed by atoms with Crippen molar-refractivity contribution in [3.05, 3.63) is 88.2 Å². The Morgan fingerprint density at radius 2 is 1.86 bits per heavy atom. The molecule has 1 aliphatic rings. The number of amides is 1. The van der Waals surface area contributed by atoms with Crippen molar-refractivity contribution in [2.24, 2.45) is 10.2 Å². The molecule has 1 aliphatic heterocycles. The van der Waals surface area contributed by atoms with E-state index in [1.807, 2.05) is 31.2 Å². The first-order chi connectivity index (χ1) is 17.2. The second-order valence-electron chi connectivity index (χ2n) is 9.24. The molecule has 2 aromatic carbocycles. The molecule has 4 rings (SSSR count). The molecule has 1 fully saturated rings. The molecule has 1 amide bonds. The van der Waals surface area contributed by atoms with E-state index in [0.717, 1.165) is 5.56 Å². The van der Waals surface area contributed by atoms with Crippen molar-refractivity contribution in [3.63, 3.8) is 0 Å². The number of thioether (sulfide) groups is 1. The van der Waals surface area contributed by atoms with Crippen molar-refractivity contribution < 1.29 is 19.1 Å². The van der Waals surface area contributed by atoms with E-state index in [1.165, 1.54) is 17.3 Å². The van der Waals surface area contributed by atoms with Crippen molar-refractivity contribution in [2.75, 3.05) is 6.61 Å². The number of amidine groups is 1. The summed E-state index contributed by atoms with van der Waals surface area (Å²) in [6.45, 7) is 9.04. The zero-order valence-electron chi connectivity index (χ0n) is 20.8. The lowest BCUT2D eigenvalue weighted by molar-refractivity contribution is -0.122. The number of hydrogen-bond acceptors (Lipinski definition) is 7. The smallest absolute Gasteiger partial charge is 0.267 e. The maximum Gasteiger partial charge on any atom is 0.267 e. The number of hydrogen-bond donors (Lipinski definition) is 1. The molecule has 8 heteroatoms. The van der Waals surface area contributed by atoms with E-state index in [1.54, 1.807) is 41.6 Å². The molecule has 36 heavy (non-hydrogen) atoms. The van der Waals surface area contributed by atoms with Crippen LogP contribution in [0.2, 0.25) is 0 Å². The van der Waals surface area contributed by atoms with Gasteiger partial charge in [0.15, 0.2) is 16.7 Å². The minimum Gasteiger partial charge on any atom is -0.504 e. The Hall–Kier alpha value is -3.78. The van der Waals surface area contributed by atoms with Gasteiger partial charge in [-0.15, -0.1) is 5.10 Å². The van der Waals surface area contributed by atoms with Crippen molar-refractivity contribution in [1.29, 1.82) is 0 Å². The van der Waals surface area contributed by atoms with Gasteiger partial charge in [-0.3, -0.25) is 9.69 Å². The first-order valence-electron chi connectivity index (χ1n) is 11.7. The van der Waals surface area contributed by atoms with Crippen LogP contribution in [-0.2, 0) is 16.8 Å². The average Bonchev–Trinajstić information content (AvgIpc) is 3.45. The van der Waals surface area contributed by atoms with Crippen LogP contribution in [0, 0.1) is 0 Å². The van der Waals surface area contributed by atoms with Gasteiger partial charge in [0.25, 0.3) is 5.91 Å². The number of rotatable bonds is 7. The lowest BCUT2D eigenvalue weighted by atomic mass is 9.87. The number of benzene rings is 2. The molecule has 0 aliphatic carbocycles. The molecule has 0 unspecified atom stereocenters. The van der Waals surface area contributed by atoms with Gasteiger partial charge in [-0.05, 0) is 77.2 Å². The quantitative estimate of drug-likeness (QED) is 0.236. The van der Waals surface area contributed by atoms with Gasteiger partial charge in [-0.25, -0.2) is 0 Å². The van der Waals surface area contributed by atoms with Crippen LogP contribution in [0.25, 0.3) is 6.08 Å². The van der Waals surface area contributed by atoms with E-state index in [0.29, 0.717) is 33.8 Å². The summed E-state index contributed by atoms with van der Waals surface area (Å²) in [4.78, 5) is 15.4. The predicted octanol–water partition coefficient (Wildman–Crippen LogP) is 6.19. The molecule has 1 aromatic heterocycles. The molecule has 0 bridgehead atoms. The largest absolute Gasteiger partial charge is 0.504 e. The summed E-state index contributed by atoms with van der Waals surface area (Å²) in [7, 11) is 0. The number of carbonyl (C=O) groups excluding carboxylic acids is 1. The van der Waals surface area contributed by atoms with E-state index in [9.17, 15) is 9.90 Å². The van der Waals surface area contributed by atoms with Crippen molar-refractivity contribution >= 4 is 35.1 Å². The van der Waals surface area contributed by atoms with Crippen molar-refractivity contribution in [1.82, 2.24) is 4.90 Å². The normalized spacial score (nSPS) is 16.6. The first kappa shape index (κ1) is 25.3. The van der Waals surface area contributed by atoms with Gasteiger partial charge in [0.2, 0.25) is 0 Å². The molecule has 7 nitrogen and oxygen atoms in total. The van der Waals surface area contributed by atoms with E-state index >= 15 is 0 Å². The highest BCUT2D eigenvalue weighted by Crippen LogP contribution is 2.34. The average molecular weight is 504 g/mol. The highest BCUT2D eigenvalue weighted by atomic mass is 32.2. The van der Waals surface area contributed by atoms with E-state index in [-0.39, 0.29) is 23.6 Å². The van der Waals surface area contributed by atoms with Crippen LogP contribution in [-0.4, -0.2) is 33.9 Å². The second kappa shape index (κ2) is 10.9. The summed E-state index contributed by atoms with van der Waals surface area (Å²) >= 11 is 1.27. The SMILES string of the molecule is CCOc1cc(/C=N\N=C2\S/C(=C\c3ccc(C(C)(C)C)cc3)C(=O)N2Cc2ccco2)ccc1O. The number of furan rings is 1. The highest BCUT2D eigenvalue weighted by Gasteiger charge is 2.34. The number of nitrogens with zero attached hydrogens (tertiary/aromatic N) is 3. The maximum absolute atomic E-state index is 13.3. The van der Waals surface area contributed by atoms with Crippen LogP contribution in [0.5, 0.6) is 11.5 Å². The summed E-state index contributed by atoms with van der Waals surface area (Å²) in [6.07, 6.45) is 5.00. The Kier molecular flexibility index (Phi) is 7.64. The molecule has 0 spiro atoms. The number of carbonyl (C=O) groups is 1. The van der Waals surface area contributed by atoms with Crippen LogP contribution < -0.4 is 4.74 Å². The van der Waals surface area contributed by atoms with E-state index in [4.69, 9.17) is 9.15 Å². The van der Waals surface area contributed by atoms with Crippen LogP contribution in [0.3, 0.4) is 0 Å². The molecule has 1 saturated heterocycles. The Bertz CT molecular complexity index is 1300. The Morgan fingerprint density at radius 3 is 2.53 bits per heavy atom. The van der Waals surface area contributed by atoms with Crippen LogP contribution in [0.1, 0.15) is 50.1 Å². The third-order valence-corrected chi connectivity index (χ3v) is 6.49. The first-order valence-corrected chi connectivity index (χ1v) is 12.5. The van der Waals surface area contributed by atoms with Gasteiger partial charge in [-0.1, -0.05) is 45.0 Å². The fourth-order valence-electron chi connectivity index (χ4n) is 3.54. The van der Waals surface area contributed by atoms with E-state index in [2.05, 4.69) is 43.1 Å². The third kappa shape index (κ3) is 6.07. The molecule has 2 heterocycles. The number of phenolic OH excluding ortho intramolecular Hbond substituents is 1. The fourth-order valence-corrected chi connectivity index (χ4v) is 4.47. The van der Waals surface area contributed by atoms with Crippen LogP contribution >= 0.6 is 11.8 Å². The van der Waals surface area contributed by atoms with E-state index < -0.39 is 0 Å². The lowest BCUT2D eigenvalue weighted by Gasteiger charge is -2.18. The van der Waals surface area contributed by atoms with Gasteiger partial charge in [0.05, 0.1) is 30.5 Å². The number of ether oxygens (including phenoxy) is 1. The summed E-state index contributed by atoms with van der Waals surface area (Å²) in [6, 6.07) is 16.8. The van der Waals surface area contributed by atoms with Crippen molar-refractivity contribution in [3.8, 4) is 11.5 Å². The monoisotopic (exact) mass is 503 g/mol. The molecule has 186 valence electrons. The third-order valence-electron chi connectivity index (χ3n) is 5.49. The minimum absolute atomic E-state index is 0.0577. The fraction of sp³-hybridized carbons (Fsp3) is 0.250. The summed E-state index contributed by atoms with van der Waals surface area (Å²) < 4.78 is 10.9. The molecule has 3 aromatic rings. The van der Waals surface area contributed by atoms with Gasteiger partial charge in [0, 0.05) is 0 Å². The molecule has 0 radical (unpaired) electrons. The highest BCUT2D eigenvalue weighted by molar-refractivity contribution is 8.18. The zero-order valence-corrected chi connectivity index (χ0v) is 21.6. The lowest BCUT2D eigenvalue weighted by Crippen LogP contribution is -2.28. The Labute approximate surface area is 215 Å². The minimum atomic E-state index is -0.159. The number of aromatic hydroxyl groups is 1. The Balaban J connectivity index is 1.59. The maximum atomic E-state index is 13.3. The van der Waals surface area contributed by atoms with Gasteiger partial charge < -0.3 is 14.3 Å². The van der Waals surface area contributed by atoms with Crippen LogP contribution in [0.4, 0.5) is 0 Å². The topological polar surface area (TPSA) is 87.6 Å².